The number of hydrogen-bond acceptors (Lipinski definition) is 6. The van der Waals surface area contributed by atoms with E-state index in [0.29, 0.717) is 0 Å². The number of nitrogens with two attached hydrogens (primary N) is 1. The molecular formula is C4H12N2O4. The lowest BCUT2D eigenvalue weighted by atomic mass is 10.5. The largest absolute Gasteiger partial charge is 0.389 e. The van der Waals surface area contributed by atoms with Crippen LogP contribution in [0.1, 0.15) is 0 Å². The number of nitrogens with one attached hydrogen (secondary N) is 1. The van der Waals surface area contributed by atoms with Gasteiger partial charge in [-0.3, -0.25) is 0 Å². The van der Waals surface area contributed by atoms with Crippen molar-refractivity contribution in [2.75, 3.05) is 20.8 Å². The maximum atomic E-state index is 8.64. The van der Waals surface area contributed by atoms with Gasteiger partial charge in [-0.05, 0) is 0 Å². The molecule has 0 aromatic rings. The van der Waals surface area contributed by atoms with Crippen molar-refractivity contribution in [3.8, 4) is 0 Å². The third kappa shape index (κ3) is 2.18. The van der Waals surface area contributed by atoms with Crippen LogP contribution >= 0.6 is 0 Å². The minimum Gasteiger partial charge on any atom is -0.389 e. The maximum Gasteiger partial charge on any atom is 0.289 e. The van der Waals surface area contributed by atoms with Gasteiger partial charge in [0.25, 0.3) is 5.91 Å². The fourth-order valence-electron chi connectivity index (χ4n) is 0.403. The molecule has 0 fully saturated rings. The van der Waals surface area contributed by atoms with Crippen molar-refractivity contribution in [2.45, 2.75) is 5.91 Å². The molecular weight excluding hydrogens is 140 g/mol. The molecule has 4 N–H and O–H groups in total. The Balaban J connectivity index is 3.87. The summed E-state index contributed by atoms with van der Waals surface area (Å²) in [7, 11) is 2.66. The van der Waals surface area contributed by atoms with Crippen molar-refractivity contribution < 1.29 is 19.5 Å². The molecule has 0 amide bonds. The Labute approximate surface area is 58.8 Å². The summed E-state index contributed by atoms with van der Waals surface area (Å²) in [6.07, 6.45) is 0. The number of hydroxylamine groups is 1. The van der Waals surface area contributed by atoms with Crippen LogP contribution in [0.2, 0.25) is 0 Å². The van der Waals surface area contributed by atoms with E-state index in [0.717, 1.165) is 0 Å². The van der Waals surface area contributed by atoms with Crippen LogP contribution in [0.3, 0.4) is 0 Å². The highest BCUT2D eigenvalue weighted by Gasteiger charge is 2.29. The number of hydrogen-bond donors (Lipinski definition) is 3. The van der Waals surface area contributed by atoms with Gasteiger partial charge < -0.3 is 14.7 Å². The zero-order valence-electron chi connectivity index (χ0n) is 5.96. The molecule has 0 spiro atoms. The molecule has 0 saturated heterocycles. The Kier molecular flexibility index (Phi) is 4.45. The van der Waals surface area contributed by atoms with Crippen LogP contribution in [0.15, 0.2) is 0 Å². The summed E-state index contributed by atoms with van der Waals surface area (Å²) in [6, 6.07) is 0. The third-order valence-electron chi connectivity index (χ3n) is 0.986. The minimum absolute atomic E-state index is 0.451. The average molecular weight is 152 g/mol. The standard InChI is InChI=1S/C4H12N2O4/c1-8-4(3-7,10-5)6-9-2/h6-7H,3,5H2,1-2H3. The average Bonchev–Trinajstić information content (AvgIpc) is 2.01. The first-order valence-corrected chi connectivity index (χ1v) is 2.58. The lowest BCUT2D eigenvalue weighted by Crippen LogP contribution is -2.53. The third-order valence-corrected chi connectivity index (χ3v) is 0.986. The van der Waals surface area contributed by atoms with Crippen LogP contribution in [0.4, 0.5) is 0 Å². The molecule has 0 radical (unpaired) electrons. The highest BCUT2D eigenvalue weighted by molar-refractivity contribution is 4.55. The van der Waals surface area contributed by atoms with Gasteiger partial charge in [-0.15, -0.1) is 5.48 Å². The summed E-state index contributed by atoms with van der Waals surface area (Å²) in [5.74, 6) is 3.32. The molecule has 0 saturated carbocycles. The van der Waals surface area contributed by atoms with E-state index in [1.54, 1.807) is 0 Å². The number of aliphatic hydroxyl groups excluding tert-OH is 1. The molecule has 0 heterocycles. The molecule has 6 nitrogen and oxygen atoms in total. The zero-order chi connectivity index (χ0) is 8.04. The Morgan fingerprint density at radius 2 is 2.20 bits per heavy atom. The first kappa shape index (κ1) is 9.76. The van der Waals surface area contributed by atoms with E-state index in [-0.39, 0.29) is 0 Å². The van der Waals surface area contributed by atoms with Crippen molar-refractivity contribution in [3.63, 3.8) is 0 Å². The van der Waals surface area contributed by atoms with Gasteiger partial charge in [-0.2, -0.15) is 0 Å². The normalized spacial score (nSPS) is 16.8. The minimum atomic E-state index is -1.46. The maximum absolute atomic E-state index is 8.64. The van der Waals surface area contributed by atoms with E-state index in [4.69, 9.17) is 11.0 Å². The summed E-state index contributed by atoms with van der Waals surface area (Å²) in [5.41, 5.74) is 2.23. The molecule has 1 atom stereocenters. The molecule has 1 unspecified atom stereocenters. The van der Waals surface area contributed by atoms with Crippen LogP contribution in [0.25, 0.3) is 0 Å². The predicted molar refractivity (Wildman–Crippen MR) is 32.2 cm³/mol. The molecule has 0 bridgehead atoms. The van der Waals surface area contributed by atoms with Crippen LogP contribution in [0, 0.1) is 0 Å². The van der Waals surface area contributed by atoms with Crippen LogP contribution < -0.4 is 11.4 Å². The van der Waals surface area contributed by atoms with Crippen molar-refractivity contribution in [1.29, 1.82) is 0 Å². The van der Waals surface area contributed by atoms with E-state index >= 15 is 0 Å². The van der Waals surface area contributed by atoms with E-state index in [9.17, 15) is 0 Å². The fourth-order valence-corrected chi connectivity index (χ4v) is 0.403. The number of rotatable bonds is 5. The second-order valence-corrected chi connectivity index (χ2v) is 1.54. The Morgan fingerprint density at radius 1 is 1.60 bits per heavy atom. The number of ether oxygens (including phenoxy) is 1. The Hall–Kier alpha value is -0.240. The molecule has 62 valence electrons. The highest BCUT2D eigenvalue weighted by Crippen LogP contribution is 2.02. The molecule has 0 aliphatic carbocycles. The number of aliphatic hydroxyl groups is 1. The van der Waals surface area contributed by atoms with Gasteiger partial charge in [0.2, 0.25) is 0 Å². The van der Waals surface area contributed by atoms with E-state index in [1.165, 1.54) is 14.2 Å². The number of methoxy groups -OCH3 is 1. The first-order chi connectivity index (χ1) is 4.74. The summed E-state index contributed by atoms with van der Waals surface area (Å²) in [6.45, 7) is -0.451. The van der Waals surface area contributed by atoms with Crippen molar-refractivity contribution in [3.05, 3.63) is 0 Å². The van der Waals surface area contributed by atoms with Gasteiger partial charge in [0.15, 0.2) is 0 Å². The molecule has 10 heavy (non-hydrogen) atoms. The molecule has 0 aromatic heterocycles. The van der Waals surface area contributed by atoms with Crippen molar-refractivity contribution in [1.82, 2.24) is 5.48 Å². The summed E-state index contributed by atoms with van der Waals surface area (Å²) in [4.78, 5) is 8.71. The van der Waals surface area contributed by atoms with Crippen LogP contribution in [0.5, 0.6) is 0 Å². The molecule has 0 rings (SSSR count). The van der Waals surface area contributed by atoms with Gasteiger partial charge >= 0.3 is 0 Å². The summed E-state index contributed by atoms with van der Waals surface area (Å²) < 4.78 is 4.64. The summed E-state index contributed by atoms with van der Waals surface area (Å²) >= 11 is 0. The predicted octanol–water partition coefficient (Wildman–Crippen LogP) is -1.68. The first-order valence-electron chi connectivity index (χ1n) is 2.58. The SMILES string of the molecule is CONC(CO)(OC)ON. The second-order valence-electron chi connectivity index (χ2n) is 1.54. The monoisotopic (exact) mass is 152 g/mol. The second kappa shape index (κ2) is 4.56. The van der Waals surface area contributed by atoms with Crippen LogP contribution in [-0.4, -0.2) is 31.8 Å². The highest BCUT2D eigenvalue weighted by atomic mass is 16.8. The van der Waals surface area contributed by atoms with Crippen LogP contribution in [-0.2, 0) is 14.4 Å². The van der Waals surface area contributed by atoms with Crippen molar-refractivity contribution in [2.24, 2.45) is 5.90 Å². The molecule has 0 aliphatic rings. The lowest BCUT2D eigenvalue weighted by Gasteiger charge is -2.26. The zero-order valence-corrected chi connectivity index (χ0v) is 5.96. The Bertz CT molecular complexity index is 77.1. The van der Waals surface area contributed by atoms with Gasteiger partial charge in [-0.1, -0.05) is 0 Å². The quantitative estimate of drug-likeness (QED) is 0.322. The molecule has 0 aromatic carbocycles. The van der Waals surface area contributed by atoms with E-state index in [1.807, 2.05) is 0 Å². The summed E-state index contributed by atoms with van der Waals surface area (Å²) in [5, 5.41) is 8.64. The molecule has 6 heteroatoms. The lowest BCUT2D eigenvalue weighted by molar-refractivity contribution is -0.307. The smallest absolute Gasteiger partial charge is 0.289 e. The van der Waals surface area contributed by atoms with Gasteiger partial charge in [-0.25, -0.2) is 10.7 Å². The van der Waals surface area contributed by atoms with Gasteiger partial charge in [0.05, 0.1) is 7.11 Å². The molecule has 0 aliphatic heterocycles. The fraction of sp³-hybridized carbons (Fsp3) is 1.00. The Morgan fingerprint density at radius 3 is 2.30 bits per heavy atom. The van der Waals surface area contributed by atoms with Crippen molar-refractivity contribution >= 4 is 0 Å². The van der Waals surface area contributed by atoms with Gasteiger partial charge in [0.1, 0.15) is 6.61 Å². The van der Waals surface area contributed by atoms with E-state index in [2.05, 4.69) is 19.9 Å². The van der Waals surface area contributed by atoms with Gasteiger partial charge in [0, 0.05) is 7.11 Å². The van der Waals surface area contributed by atoms with E-state index < -0.39 is 12.5 Å². The topological polar surface area (TPSA) is 86.0 Å².